The first-order chi connectivity index (χ1) is 6.79. The molecule has 1 aromatic heterocycles. The lowest BCUT2D eigenvalue weighted by atomic mass is 9.93. The van der Waals surface area contributed by atoms with E-state index in [9.17, 15) is 0 Å². The summed E-state index contributed by atoms with van der Waals surface area (Å²) >= 11 is 0. The quantitative estimate of drug-likeness (QED) is 0.720. The molecule has 2 N–H and O–H groups in total. The van der Waals surface area contributed by atoms with Crippen molar-refractivity contribution in [2.45, 2.75) is 18.9 Å². The largest absolute Gasteiger partial charge is 0.396 e. The average Bonchev–Trinajstić information content (AvgIpc) is 2.65. The number of rotatable bonds is 2. The van der Waals surface area contributed by atoms with E-state index in [4.69, 9.17) is 5.11 Å². The molecule has 4 nitrogen and oxygen atoms in total. The molecule has 0 saturated carbocycles. The van der Waals surface area contributed by atoms with Crippen LogP contribution in [0.5, 0.6) is 0 Å². The van der Waals surface area contributed by atoms with Crippen LogP contribution in [0.25, 0.3) is 0 Å². The molecule has 2 atom stereocenters. The summed E-state index contributed by atoms with van der Waals surface area (Å²) in [5.74, 6) is 0.433. The van der Waals surface area contributed by atoms with Crippen molar-refractivity contribution in [2.75, 3.05) is 13.2 Å². The molecule has 1 saturated heterocycles. The van der Waals surface area contributed by atoms with Crippen molar-refractivity contribution >= 4 is 0 Å². The zero-order chi connectivity index (χ0) is 9.97. The molecular formula is C10H17N3O. The van der Waals surface area contributed by atoms with Crippen molar-refractivity contribution in [3.63, 3.8) is 0 Å². The van der Waals surface area contributed by atoms with Gasteiger partial charge >= 0.3 is 0 Å². The fraction of sp³-hybridized carbons (Fsp3) is 0.700. The van der Waals surface area contributed by atoms with Gasteiger partial charge in [-0.2, -0.15) is 5.10 Å². The van der Waals surface area contributed by atoms with Gasteiger partial charge in [0.1, 0.15) is 0 Å². The molecule has 0 spiro atoms. The number of aromatic nitrogens is 2. The first-order valence-corrected chi connectivity index (χ1v) is 5.12. The van der Waals surface area contributed by atoms with Gasteiger partial charge in [0.2, 0.25) is 0 Å². The zero-order valence-corrected chi connectivity index (χ0v) is 8.48. The average molecular weight is 195 g/mol. The fourth-order valence-corrected chi connectivity index (χ4v) is 1.98. The van der Waals surface area contributed by atoms with Crippen molar-refractivity contribution in [2.24, 2.45) is 13.0 Å². The Morgan fingerprint density at radius 1 is 1.64 bits per heavy atom. The number of nitrogens with zero attached hydrogens (tertiary/aromatic N) is 2. The molecule has 0 aromatic carbocycles. The Balaban J connectivity index is 1.95. The summed E-state index contributed by atoms with van der Waals surface area (Å²) in [5, 5.41) is 16.6. The Morgan fingerprint density at radius 3 is 3.00 bits per heavy atom. The highest BCUT2D eigenvalue weighted by atomic mass is 16.3. The van der Waals surface area contributed by atoms with Crippen LogP contribution in [0.1, 0.15) is 24.4 Å². The molecule has 0 radical (unpaired) electrons. The Kier molecular flexibility index (Phi) is 2.84. The van der Waals surface area contributed by atoms with Crippen LogP contribution in [-0.2, 0) is 7.05 Å². The number of hydrogen-bond acceptors (Lipinski definition) is 3. The van der Waals surface area contributed by atoms with Crippen LogP contribution in [0.3, 0.4) is 0 Å². The van der Waals surface area contributed by atoms with Crippen LogP contribution in [0.15, 0.2) is 12.4 Å². The standard InChI is InChI=1S/C10H17N3O/c1-13-6-9(5-12-13)10-3-2-8(7-14)4-11-10/h5-6,8,10-11,14H,2-4,7H2,1H3. The number of nitrogens with one attached hydrogen (secondary N) is 1. The summed E-state index contributed by atoms with van der Waals surface area (Å²) in [5.41, 5.74) is 1.25. The topological polar surface area (TPSA) is 50.1 Å². The lowest BCUT2D eigenvalue weighted by Crippen LogP contribution is -2.34. The maximum Gasteiger partial charge on any atom is 0.0537 e. The molecule has 2 heterocycles. The SMILES string of the molecule is Cn1cc(C2CCC(CO)CN2)cn1. The Hall–Kier alpha value is -0.870. The van der Waals surface area contributed by atoms with E-state index in [1.807, 2.05) is 17.9 Å². The van der Waals surface area contributed by atoms with E-state index in [1.54, 1.807) is 0 Å². The molecule has 0 amide bonds. The van der Waals surface area contributed by atoms with Gasteiger partial charge < -0.3 is 10.4 Å². The summed E-state index contributed by atoms with van der Waals surface area (Å²) in [7, 11) is 1.93. The van der Waals surface area contributed by atoms with Crippen LogP contribution in [0.2, 0.25) is 0 Å². The minimum Gasteiger partial charge on any atom is -0.396 e. The van der Waals surface area contributed by atoms with Crippen molar-refractivity contribution in [3.05, 3.63) is 18.0 Å². The smallest absolute Gasteiger partial charge is 0.0537 e. The third-order valence-electron chi connectivity index (χ3n) is 2.90. The molecule has 1 aliphatic rings. The molecule has 4 heteroatoms. The van der Waals surface area contributed by atoms with Crippen LogP contribution in [-0.4, -0.2) is 28.0 Å². The van der Waals surface area contributed by atoms with Gasteiger partial charge in [-0.05, 0) is 18.8 Å². The van der Waals surface area contributed by atoms with Gasteiger partial charge in [0.15, 0.2) is 0 Å². The highest BCUT2D eigenvalue weighted by molar-refractivity contribution is 5.11. The van der Waals surface area contributed by atoms with Gasteiger partial charge in [0.25, 0.3) is 0 Å². The summed E-state index contributed by atoms with van der Waals surface area (Å²) in [4.78, 5) is 0. The highest BCUT2D eigenvalue weighted by Crippen LogP contribution is 2.24. The third-order valence-corrected chi connectivity index (χ3v) is 2.90. The first-order valence-electron chi connectivity index (χ1n) is 5.12. The molecule has 14 heavy (non-hydrogen) atoms. The summed E-state index contributed by atoms with van der Waals surface area (Å²) in [6, 6.07) is 0.423. The van der Waals surface area contributed by atoms with Crippen LogP contribution in [0.4, 0.5) is 0 Å². The van der Waals surface area contributed by atoms with E-state index in [1.165, 1.54) is 5.56 Å². The van der Waals surface area contributed by atoms with E-state index in [2.05, 4.69) is 16.6 Å². The number of aryl methyl sites for hydroxylation is 1. The van der Waals surface area contributed by atoms with E-state index < -0.39 is 0 Å². The van der Waals surface area contributed by atoms with E-state index in [-0.39, 0.29) is 0 Å². The van der Waals surface area contributed by atoms with Crippen molar-refractivity contribution in [1.82, 2.24) is 15.1 Å². The Bertz CT molecular complexity index is 289. The number of piperidine rings is 1. The molecular weight excluding hydrogens is 178 g/mol. The molecule has 2 rings (SSSR count). The van der Waals surface area contributed by atoms with Gasteiger partial charge in [-0.25, -0.2) is 0 Å². The van der Waals surface area contributed by atoms with Crippen LogP contribution < -0.4 is 5.32 Å². The molecule has 1 aliphatic heterocycles. The number of aliphatic hydroxyl groups excluding tert-OH is 1. The lowest BCUT2D eigenvalue weighted by Gasteiger charge is -2.28. The Morgan fingerprint density at radius 2 is 2.50 bits per heavy atom. The van der Waals surface area contributed by atoms with Gasteiger partial charge in [-0.3, -0.25) is 4.68 Å². The zero-order valence-electron chi connectivity index (χ0n) is 8.48. The van der Waals surface area contributed by atoms with Crippen LogP contribution >= 0.6 is 0 Å². The monoisotopic (exact) mass is 195 g/mol. The minimum atomic E-state index is 0.298. The van der Waals surface area contributed by atoms with Crippen molar-refractivity contribution in [1.29, 1.82) is 0 Å². The molecule has 0 bridgehead atoms. The second-order valence-electron chi connectivity index (χ2n) is 4.03. The second kappa shape index (κ2) is 4.11. The van der Waals surface area contributed by atoms with Gasteiger partial charge in [0, 0.05) is 38.0 Å². The number of hydrogen-bond donors (Lipinski definition) is 2. The van der Waals surface area contributed by atoms with Gasteiger partial charge in [0.05, 0.1) is 6.20 Å². The summed E-state index contributed by atoms with van der Waals surface area (Å²) in [6.45, 7) is 1.21. The molecule has 1 aromatic rings. The minimum absolute atomic E-state index is 0.298. The Labute approximate surface area is 83.9 Å². The van der Waals surface area contributed by atoms with E-state index in [0.717, 1.165) is 19.4 Å². The fourth-order valence-electron chi connectivity index (χ4n) is 1.98. The molecule has 0 aliphatic carbocycles. The molecule has 2 unspecified atom stereocenters. The van der Waals surface area contributed by atoms with Crippen molar-refractivity contribution in [3.8, 4) is 0 Å². The maximum absolute atomic E-state index is 9.00. The van der Waals surface area contributed by atoms with E-state index >= 15 is 0 Å². The predicted molar refractivity (Wildman–Crippen MR) is 53.8 cm³/mol. The van der Waals surface area contributed by atoms with E-state index in [0.29, 0.717) is 18.6 Å². The van der Waals surface area contributed by atoms with Gasteiger partial charge in [-0.15, -0.1) is 0 Å². The summed E-state index contributed by atoms with van der Waals surface area (Å²) in [6.07, 6.45) is 6.16. The number of aliphatic hydroxyl groups is 1. The first kappa shape index (κ1) is 9.68. The third kappa shape index (κ3) is 1.96. The maximum atomic E-state index is 9.00. The van der Waals surface area contributed by atoms with Gasteiger partial charge in [-0.1, -0.05) is 0 Å². The highest BCUT2D eigenvalue weighted by Gasteiger charge is 2.21. The van der Waals surface area contributed by atoms with Crippen molar-refractivity contribution < 1.29 is 5.11 Å². The van der Waals surface area contributed by atoms with Crippen LogP contribution in [0, 0.1) is 5.92 Å². The lowest BCUT2D eigenvalue weighted by molar-refractivity contribution is 0.184. The summed E-state index contributed by atoms with van der Waals surface area (Å²) < 4.78 is 1.83. The predicted octanol–water partition coefficient (Wildman–Crippen LogP) is 0.453. The molecule has 78 valence electrons. The second-order valence-corrected chi connectivity index (χ2v) is 4.03. The normalized spacial score (nSPS) is 27.9. The molecule has 1 fully saturated rings.